The van der Waals surface area contributed by atoms with Gasteiger partial charge in [-0.25, -0.2) is 4.68 Å². The van der Waals surface area contributed by atoms with Crippen molar-refractivity contribution in [3.63, 3.8) is 0 Å². The average molecular weight is 184 g/mol. The number of ether oxygens (including phenoxy) is 1. The summed E-state index contributed by atoms with van der Waals surface area (Å²) in [6.45, 7) is 2.74. The summed E-state index contributed by atoms with van der Waals surface area (Å²) in [5.41, 5.74) is 11.7. The van der Waals surface area contributed by atoms with Gasteiger partial charge in [0.15, 0.2) is 0 Å². The van der Waals surface area contributed by atoms with Gasteiger partial charge in [0.05, 0.1) is 18.0 Å². The average Bonchev–Trinajstić information content (AvgIpc) is 2.44. The highest BCUT2D eigenvalue weighted by Crippen LogP contribution is 2.13. The third kappa shape index (κ3) is 2.35. The fraction of sp³-hybridized carbons (Fsp3) is 0.625. The van der Waals surface area contributed by atoms with Gasteiger partial charge < -0.3 is 16.2 Å². The Morgan fingerprint density at radius 3 is 2.77 bits per heavy atom. The van der Waals surface area contributed by atoms with Gasteiger partial charge in [0.25, 0.3) is 0 Å². The molecule has 1 aromatic heterocycles. The van der Waals surface area contributed by atoms with Gasteiger partial charge in [0.1, 0.15) is 5.82 Å². The number of rotatable bonds is 4. The molecule has 1 aromatic rings. The second-order valence-electron chi connectivity index (χ2n) is 3.04. The third-order valence-electron chi connectivity index (χ3n) is 2.06. The van der Waals surface area contributed by atoms with Crippen molar-refractivity contribution in [1.82, 2.24) is 9.78 Å². The summed E-state index contributed by atoms with van der Waals surface area (Å²) in [6, 6.07) is 0. The molecule has 0 bridgehead atoms. The monoisotopic (exact) mass is 184 g/mol. The third-order valence-corrected chi connectivity index (χ3v) is 2.06. The van der Waals surface area contributed by atoms with Gasteiger partial charge in [0, 0.05) is 13.7 Å². The maximum Gasteiger partial charge on any atom is 0.145 e. The number of aryl methyl sites for hydroxylation is 1. The Labute approximate surface area is 77.7 Å². The molecule has 1 rings (SSSR count). The number of methoxy groups -OCH3 is 1. The van der Waals surface area contributed by atoms with Crippen LogP contribution in [0.2, 0.25) is 0 Å². The molecule has 0 aliphatic rings. The van der Waals surface area contributed by atoms with Crippen molar-refractivity contribution < 1.29 is 4.74 Å². The number of nitrogen functional groups attached to an aromatic ring is 2. The second-order valence-corrected chi connectivity index (χ2v) is 3.04. The highest BCUT2D eigenvalue weighted by molar-refractivity contribution is 5.56. The lowest BCUT2D eigenvalue weighted by atomic mass is 10.3. The molecule has 1 heterocycles. The molecule has 4 N–H and O–H groups in total. The van der Waals surface area contributed by atoms with Crippen molar-refractivity contribution in [2.75, 3.05) is 18.6 Å². The second kappa shape index (κ2) is 4.13. The minimum absolute atomic E-state index is 0.213. The minimum atomic E-state index is 0.213. The van der Waals surface area contributed by atoms with Crippen molar-refractivity contribution in [3.8, 4) is 0 Å². The molecule has 0 spiro atoms. The molecule has 5 nitrogen and oxygen atoms in total. The van der Waals surface area contributed by atoms with Crippen molar-refractivity contribution in [2.24, 2.45) is 0 Å². The molecule has 13 heavy (non-hydrogen) atoms. The van der Waals surface area contributed by atoms with E-state index < -0.39 is 0 Å². The lowest BCUT2D eigenvalue weighted by Gasteiger charge is -2.09. The Balaban J connectivity index is 2.50. The minimum Gasteiger partial charge on any atom is -0.394 e. The molecule has 0 radical (unpaired) electrons. The number of anilines is 2. The van der Waals surface area contributed by atoms with E-state index in [-0.39, 0.29) is 6.10 Å². The van der Waals surface area contributed by atoms with Crippen LogP contribution in [0, 0.1) is 0 Å². The topological polar surface area (TPSA) is 79.1 Å². The zero-order chi connectivity index (χ0) is 9.84. The van der Waals surface area contributed by atoms with Gasteiger partial charge in [0.2, 0.25) is 0 Å². The number of aromatic nitrogens is 2. The van der Waals surface area contributed by atoms with Crippen LogP contribution >= 0.6 is 0 Å². The zero-order valence-corrected chi connectivity index (χ0v) is 8.03. The molecule has 0 fully saturated rings. The van der Waals surface area contributed by atoms with Crippen LogP contribution in [0.15, 0.2) is 6.20 Å². The summed E-state index contributed by atoms with van der Waals surface area (Å²) in [7, 11) is 1.69. The first kappa shape index (κ1) is 9.85. The van der Waals surface area contributed by atoms with Gasteiger partial charge in [-0.2, -0.15) is 5.10 Å². The maximum absolute atomic E-state index is 5.66. The fourth-order valence-electron chi connectivity index (χ4n) is 1.01. The van der Waals surface area contributed by atoms with Crippen LogP contribution in [0.5, 0.6) is 0 Å². The number of nitrogens with zero attached hydrogens (tertiary/aromatic N) is 2. The molecule has 74 valence electrons. The number of hydrogen-bond donors (Lipinski definition) is 2. The highest BCUT2D eigenvalue weighted by atomic mass is 16.5. The molecule has 1 atom stereocenters. The van der Waals surface area contributed by atoms with Crippen LogP contribution in [0.4, 0.5) is 11.5 Å². The molecule has 0 saturated heterocycles. The Morgan fingerprint density at radius 1 is 1.62 bits per heavy atom. The highest BCUT2D eigenvalue weighted by Gasteiger charge is 2.05. The van der Waals surface area contributed by atoms with Gasteiger partial charge in [-0.3, -0.25) is 0 Å². The largest absolute Gasteiger partial charge is 0.394 e. The summed E-state index contributed by atoms with van der Waals surface area (Å²) in [5, 5.41) is 4.03. The molecular formula is C8H16N4O. The van der Waals surface area contributed by atoms with E-state index in [1.807, 2.05) is 6.92 Å². The number of hydrogen-bond acceptors (Lipinski definition) is 4. The van der Waals surface area contributed by atoms with Crippen LogP contribution < -0.4 is 11.5 Å². The normalized spacial score (nSPS) is 13.1. The summed E-state index contributed by atoms with van der Waals surface area (Å²) in [4.78, 5) is 0. The van der Waals surface area contributed by atoms with E-state index in [0.29, 0.717) is 11.5 Å². The lowest BCUT2D eigenvalue weighted by Crippen LogP contribution is -2.12. The molecule has 0 aromatic carbocycles. The number of nitrogens with two attached hydrogens (primary N) is 2. The molecule has 0 amide bonds. The summed E-state index contributed by atoms with van der Waals surface area (Å²) in [6.07, 6.45) is 2.65. The van der Waals surface area contributed by atoms with Crippen LogP contribution in [-0.4, -0.2) is 23.0 Å². The van der Waals surface area contributed by atoms with Crippen molar-refractivity contribution >= 4 is 11.5 Å². The van der Waals surface area contributed by atoms with Crippen LogP contribution in [0.3, 0.4) is 0 Å². The van der Waals surface area contributed by atoms with Crippen molar-refractivity contribution in [1.29, 1.82) is 0 Å². The summed E-state index contributed by atoms with van der Waals surface area (Å²) >= 11 is 0. The van der Waals surface area contributed by atoms with Crippen molar-refractivity contribution in [3.05, 3.63) is 6.20 Å². The molecule has 0 aliphatic carbocycles. The molecule has 5 heteroatoms. The molecule has 0 saturated carbocycles. The fourth-order valence-corrected chi connectivity index (χ4v) is 1.01. The van der Waals surface area contributed by atoms with Crippen LogP contribution in [-0.2, 0) is 11.3 Å². The lowest BCUT2D eigenvalue weighted by molar-refractivity contribution is 0.106. The first-order valence-corrected chi connectivity index (χ1v) is 4.24. The van der Waals surface area contributed by atoms with E-state index in [1.165, 1.54) is 0 Å². The van der Waals surface area contributed by atoms with E-state index in [2.05, 4.69) is 5.10 Å². The van der Waals surface area contributed by atoms with Gasteiger partial charge in [-0.1, -0.05) is 0 Å². The predicted octanol–water partition coefficient (Wildman–Crippen LogP) is 0.473. The summed E-state index contributed by atoms with van der Waals surface area (Å²) < 4.78 is 6.79. The Kier molecular flexibility index (Phi) is 3.13. The predicted molar refractivity (Wildman–Crippen MR) is 52.1 cm³/mol. The smallest absolute Gasteiger partial charge is 0.145 e. The van der Waals surface area contributed by atoms with E-state index >= 15 is 0 Å². The van der Waals surface area contributed by atoms with Crippen molar-refractivity contribution in [2.45, 2.75) is 26.0 Å². The van der Waals surface area contributed by atoms with Gasteiger partial charge >= 0.3 is 0 Å². The van der Waals surface area contributed by atoms with E-state index in [1.54, 1.807) is 18.0 Å². The first-order valence-electron chi connectivity index (χ1n) is 4.24. The Hall–Kier alpha value is -1.23. The van der Waals surface area contributed by atoms with E-state index in [4.69, 9.17) is 16.2 Å². The van der Waals surface area contributed by atoms with Crippen LogP contribution in [0.25, 0.3) is 0 Å². The Bertz CT molecular complexity index is 271. The van der Waals surface area contributed by atoms with E-state index in [0.717, 1.165) is 13.0 Å². The van der Waals surface area contributed by atoms with Gasteiger partial charge in [-0.15, -0.1) is 0 Å². The molecule has 1 unspecified atom stereocenters. The molecular weight excluding hydrogens is 168 g/mol. The van der Waals surface area contributed by atoms with E-state index in [9.17, 15) is 0 Å². The standard InChI is InChI=1S/C8H16N4O/c1-6(13-2)3-4-12-8(10)7(9)5-11-12/h5-6H,3-4,9-10H2,1-2H3. The Morgan fingerprint density at radius 2 is 2.31 bits per heavy atom. The first-order chi connectivity index (χ1) is 6.15. The van der Waals surface area contributed by atoms with Crippen LogP contribution in [0.1, 0.15) is 13.3 Å². The molecule has 0 aliphatic heterocycles. The quantitative estimate of drug-likeness (QED) is 0.713. The maximum atomic E-state index is 5.66. The SMILES string of the molecule is COC(C)CCn1ncc(N)c1N. The summed E-state index contributed by atoms with van der Waals surface area (Å²) in [5.74, 6) is 0.531. The van der Waals surface area contributed by atoms with Gasteiger partial charge in [-0.05, 0) is 13.3 Å². The zero-order valence-electron chi connectivity index (χ0n) is 8.03.